The van der Waals surface area contributed by atoms with Gasteiger partial charge in [0.1, 0.15) is 5.76 Å². The molecule has 1 aromatic heterocycles. The summed E-state index contributed by atoms with van der Waals surface area (Å²) in [6.07, 6.45) is -1.52. The minimum Gasteiger partial charge on any atom is -0.447 e. The number of hydrogen-bond acceptors (Lipinski definition) is 4. The molecule has 2 rings (SSSR count). The van der Waals surface area contributed by atoms with Gasteiger partial charge < -0.3 is 4.42 Å². The van der Waals surface area contributed by atoms with E-state index >= 15 is 0 Å². The molecule has 8 heteroatoms. The number of sulfonamides is 1. The van der Waals surface area contributed by atoms with E-state index in [-0.39, 0.29) is 17.0 Å². The second-order valence-electron chi connectivity index (χ2n) is 4.06. The van der Waals surface area contributed by atoms with Crippen LogP contribution in [-0.4, -0.2) is 13.4 Å². The van der Waals surface area contributed by atoms with E-state index in [9.17, 15) is 17.2 Å². The van der Waals surface area contributed by atoms with E-state index in [1.54, 1.807) is 6.92 Å². The van der Waals surface area contributed by atoms with Gasteiger partial charge in [-0.1, -0.05) is 12.1 Å². The van der Waals surface area contributed by atoms with Crippen molar-refractivity contribution in [3.05, 3.63) is 47.7 Å². The highest BCUT2D eigenvalue weighted by molar-refractivity contribution is 7.89. The molecule has 0 aliphatic carbocycles. The molecule has 0 unspecified atom stereocenters. The Hall–Kier alpha value is -1.80. The van der Waals surface area contributed by atoms with Crippen LogP contribution in [0.25, 0.3) is 0 Å². The summed E-state index contributed by atoms with van der Waals surface area (Å²) < 4.78 is 56.4. The molecule has 1 N–H and O–H groups in total. The number of aryl methyl sites for hydroxylation is 1. The molecule has 0 amide bonds. The third-order valence-electron chi connectivity index (χ3n) is 2.69. The Kier molecular flexibility index (Phi) is 4.15. The van der Waals surface area contributed by atoms with Gasteiger partial charge in [-0.2, -0.15) is 0 Å². The van der Waals surface area contributed by atoms with Gasteiger partial charge in [0.05, 0.1) is 17.1 Å². The highest BCUT2D eigenvalue weighted by atomic mass is 32.2. The summed E-state index contributed by atoms with van der Waals surface area (Å²) in [5.41, 5.74) is 0.220. The van der Waals surface area contributed by atoms with Gasteiger partial charge in [0.2, 0.25) is 10.0 Å². The lowest BCUT2D eigenvalue weighted by molar-refractivity contribution is 0.151. The molecule has 0 saturated heterocycles. The van der Waals surface area contributed by atoms with Gasteiger partial charge in [0.25, 0.3) is 6.43 Å². The zero-order valence-corrected chi connectivity index (χ0v) is 11.3. The average molecular weight is 302 g/mol. The maximum Gasteiger partial charge on any atom is 0.263 e. The fraction of sp³-hybridized carbons (Fsp3) is 0.250. The number of alkyl halides is 2. The normalized spacial score (nSPS) is 12.0. The van der Waals surface area contributed by atoms with Crippen LogP contribution in [0.2, 0.25) is 0 Å². The van der Waals surface area contributed by atoms with Crippen LogP contribution in [0.1, 0.15) is 23.4 Å². The van der Waals surface area contributed by atoms with Crippen molar-refractivity contribution >= 4 is 10.0 Å². The Morgan fingerprint density at radius 2 is 2.15 bits per heavy atom. The summed E-state index contributed by atoms with van der Waals surface area (Å²) in [4.78, 5) is 3.61. The molecule has 2 aromatic rings. The first kappa shape index (κ1) is 14.6. The first-order valence-electron chi connectivity index (χ1n) is 5.67. The fourth-order valence-corrected chi connectivity index (χ4v) is 2.59. The highest BCUT2D eigenvalue weighted by Gasteiger charge is 2.17. The third-order valence-corrected chi connectivity index (χ3v) is 4.09. The van der Waals surface area contributed by atoms with Crippen molar-refractivity contribution in [1.82, 2.24) is 9.71 Å². The standard InChI is InChI=1S/C12H12F2N2O3S/c1-8-11(19-7-15-8)6-16-20(17,18)10-4-2-3-9(5-10)12(13)14/h2-5,7,12,16H,6H2,1H3. The van der Waals surface area contributed by atoms with Gasteiger partial charge in [-0.15, -0.1) is 0 Å². The van der Waals surface area contributed by atoms with Crippen molar-refractivity contribution in [2.45, 2.75) is 24.8 Å². The molecule has 20 heavy (non-hydrogen) atoms. The van der Waals surface area contributed by atoms with E-state index in [2.05, 4.69) is 9.71 Å². The number of hydrogen-bond donors (Lipinski definition) is 1. The molecule has 5 nitrogen and oxygen atoms in total. The number of benzene rings is 1. The molecule has 0 radical (unpaired) electrons. The molecule has 0 aliphatic rings. The van der Waals surface area contributed by atoms with Crippen molar-refractivity contribution in [3.63, 3.8) is 0 Å². The van der Waals surface area contributed by atoms with Gasteiger partial charge in [-0.3, -0.25) is 0 Å². The summed E-state index contributed by atoms with van der Waals surface area (Å²) in [6.45, 7) is 1.58. The Morgan fingerprint density at radius 1 is 1.40 bits per heavy atom. The summed E-state index contributed by atoms with van der Waals surface area (Å²) >= 11 is 0. The number of nitrogens with zero attached hydrogens (tertiary/aromatic N) is 1. The smallest absolute Gasteiger partial charge is 0.263 e. The minimum atomic E-state index is -3.88. The van der Waals surface area contributed by atoms with E-state index in [1.807, 2.05) is 0 Å². The molecule has 1 aromatic carbocycles. The van der Waals surface area contributed by atoms with Crippen LogP contribution in [0, 0.1) is 6.92 Å². The fourth-order valence-electron chi connectivity index (χ4n) is 1.56. The SMILES string of the molecule is Cc1ncoc1CNS(=O)(=O)c1cccc(C(F)F)c1. The number of aromatic nitrogens is 1. The number of rotatable bonds is 5. The van der Waals surface area contributed by atoms with Gasteiger partial charge >= 0.3 is 0 Å². The summed E-state index contributed by atoms with van der Waals surface area (Å²) in [7, 11) is -3.88. The molecule has 0 spiro atoms. The molecule has 0 aliphatic heterocycles. The van der Waals surface area contributed by atoms with Crippen molar-refractivity contribution < 1.29 is 21.6 Å². The van der Waals surface area contributed by atoms with Crippen LogP contribution in [-0.2, 0) is 16.6 Å². The van der Waals surface area contributed by atoms with Crippen LogP contribution >= 0.6 is 0 Å². The molecule has 0 fully saturated rings. The van der Waals surface area contributed by atoms with Crippen LogP contribution in [0.4, 0.5) is 8.78 Å². The average Bonchev–Trinajstić information content (AvgIpc) is 2.82. The predicted octanol–water partition coefficient (Wildman–Crippen LogP) is 2.40. The van der Waals surface area contributed by atoms with Gasteiger partial charge in [-0.25, -0.2) is 26.9 Å². The predicted molar refractivity (Wildman–Crippen MR) is 66.7 cm³/mol. The first-order valence-corrected chi connectivity index (χ1v) is 7.15. The zero-order valence-electron chi connectivity index (χ0n) is 10.5. The maximum absolute atomic E-state index is 12.6. The molecule has 108 valence electrons. The minimum absolute atomic E-state index is 0.0902. The molecule has 0 atom stereocenters. The number of halogens is 2. The number of nitrogens with one attached hydrogen (secondary N) is 1. The summed E-state index contributed by atoms with van der Waals surface area (Å²) in [5, 5.41) is 0. The lowest BCUT2D eigenvalue weighted by atomic mass is 10.2. The highest BCUT2D eigenvalue weighted by Crippen LogP contribution is 2.21. The van der Waals surface area contributed by atoms with Crippen molar-refractivity contribution in [2.24, 2.45) is 0 Å². The van der Waals surface area contributed by atoms with Crippen molar-refractivity contribution in [1.29, 1.82) is 0 Å². The van der Waals surface area contributed by atoms with E-state index in [1.165, 1.54) is 24.6 Å². The monoisotopic (exact) mass is 302 g/mol. The topological polar surface area (TPSA) is 72.2 Å². The second kappa shape index (κ2) is 5.68. The Morgan fingerprint density at radius 3 is 2.75 bits per heavy atom. The zero-order chi connectivity index (χ0) is 14.8. The molecule has 0 saturated carbocycles. The van der Waals surface area contributed by atoms with Crippen LogP contribution in [0.5, 0.6) is 0 Å². The molecular weight excluding hydrogens is 290 g/mol. The third kappa shape index (κ3) is 3.20. The van der Waals surface area contributed by atoms with Crippen molar-refractivity contribution in [2.75, 3.05) is 0 Å². The van der Waals surface area contributed by atoms with Gasteiger partial charge in [0, 0.05) is 5.56 Å². The molecular formula is C12H12F2N2O3S. The lowest BCUT2D eigenvalue weighted by Gasteiger charge is -2.07. The molecule has 0 bridgehead atoms. The summed E-state index contributed by atoms with van der Waals surface area (Å²) in [5.74, 6) is 0.374. The summed E-state index contributed by atoms with van der Waals surface area (Å²) in [6, 6.07) is 4.64. The van der Waals surface area contributed by atoms with E-state index in [0.717, 1.165) is 6.07 Å². The maximum atomic E-state index is 12.6. The van der Waals surface area contributed by atoms with Crippen molar-refractivity contribution in [3.8, 4) is 0 Å². The van der Waals surface area contributed by atoms with Gasteiger partial charge in [0.15, 0.2) is 6.39 Å². The number of oxazole rings is 1. The first-order chi connectivity index (χ1) is 9.40. The van der Waals surface area contributed by atoms with E-state index < -0.39 is 16.4 Å². The Balaban J connectivity index is 2.18. The largest absolute Gasteiger partial charge is 0.447 e. The quantitative estimate of drug-likeness (QED) is 0.920. The van der Waals surface area contributed by atoms with Crippen LogP contribution in [0.3, 0.4) is 0 Å². The second-order valence-corrected chi connectivity index (χ2v) is 5.83. The lowest BCUT2D eigenvalue weighted by Crippen LogP contribution is -2.23. The van der Waals surface area contributed by atoms with E-state index in [4.69, 9.17) is 4.42 Å². The van der Waals surface area contributed by atoms with E-state index in [0.29, 0.717) is 11.5 Å². The van der Waals surface area contributed by atoms with Crippen LogP contribution < -0.4 is 4.72 Å². The Labute approximate surface area is 114 Å². The van der Waals surface area contributed by atoms with Crippen LogP contribution in [0.15, 0.2) is 40.0 Å². The van der Waals surface area contributed by atoms with Gasteiger partial charge in [-0.05, 0) is 19.1 Å². The Bertz CT molecular complexity index is 698. The molecule has 1 heterocycles.